The first-order valence-corrected chi connectivity index (χ1v) is 34.9. The second-order valence-corrected chi connectivity index (χ2v) is 26.8. The third kappa shape index (κ3) is 8.20. The fourth-order valence-electron chi connectivity index (χ4n) is 17.1. The topological polar surface area (TPSA) is 55.4 Å². The molecule has 0 N–H and O–H groups in total. The van der Waals surface area contributed by atoms with Crippen molar-refractivity contribution in [2.45, 2.75) is 0 Å². The maximum atomic E-state index is 5.64. The van der Waals surface area contributed by atoms with Crippen molar-refractivity contribution in [3.63, 3.8) is 0 Å². The van der Waals surface area contributed by atoms with Gasteiger partial charge in [0.25, 0.3) is 0 Å². The van der Waals surface area contributed by atoms with Gasteiger partial charge in [-0.2, -0.15) is 0 Å². The molecular weight excluding hydrogens is 1240 g/mol. The molecule has 0 aliphatic carbocycles. The van der Waals surface area contributed by atoms with Crippen LogP contribution in [0.4, 0.5) is 0 Å². The van der Waals surface area contributed by atoms with Crippen LogP contribution in [0.5, 0.6) is 0 Å². The molecule has 0 fully saturated rings. The number of hydrogen-bond donors (Lipinski definition) is 0. The van der Waals surface area contributed by atoms with E-state index in [2.05, 4.69) is 379 Å². The van der Waals surface area contributed by atoms with Crippen LogP contribution >= 0.6 is 0 Å². The van der Waals surface area contributed by atoms with Crippen LogP contribution in [0.1, 0.15) is 0 Å². The van der Waals surface area contributed by atoms with Gasteiger partial charge >= 0.3 is 0 Å². The summed E-state index contributed by atoms with van der Waals surface area (Å²) in [5.41, 5.74) is 24.5. The first-order chi connectivity index (χ1) is 50.6. The van der Waals surface area contributed by atoms with Crippen molar-refractivity contribution < 1.29 is 0 Å². The molecule has 15 aromatic carbocycles. The van der Waals surface area contributed by atoms with Gasteiger partial charge in [0.15, 0.2) is 5.82 Å². The number of aromatic nitrogens is 8. The normalized spacial score (nSPS) is 12.1. The zero-order valence-electron chi connectivity index (χ0n) is 55.1. The molecule has 0 saturated heterocycles. The maximum Gasteiger partial charge on any atom is 0.160 e. The molecule has 0 atom stereocenters. The van der Waals surface area contributed by atoms with Crippen molar-refractivity contribution in [3.05, 3.63) is 352 Å². The molecule has 0 aliphatic heterocycles. The molecule has 0 amide bonds. The largest absolute Gasteiger partial charge is 0.309 e. The van der Waals surface area contributed by atoms with Crippen molar-refractivity contribution in [2.24, 2.45) is 0 Å². The van der Waals surface area contributed by atoms with E-state index >= 15 is 0 Å². The summed E-state index contributed by atoms with van der Waals surface area (Å²) in [4.78, 5) is 11.1. The average Bonchev–Trinajstić information content (AvgIpc) is 1.54. The highest BCUT2D eigenvalue weighted by molar-refractivity contribution is 6.18. The summed E-state index contributed by atoms with van der Waals surface area (Å²) < 4.78 is 14.8. The molecule has 7 aromatic heterocycles. The molecule has 22 aromatic rings. The molecule has 0 spiro atoms. The van der Waals surface area contributed by atoms with Crippen LogP contribution in [0.15, 0.2) is 352 Å². The first-order valence-electron chi connectivity index (χ1n) is 34.9. The van der Waals surface area contributed by atoms with E-state index < -0.39 is 0 Å². The molecule has 0 saturated carbocycles. The van der Waals surface area contributed by atoms with Crippen LogP contribution < -0.4 is 0 Å². The molecule has 8 nitrogen and oxygen atoms in total. The molecule has 0 aliphatic rings. The van der Waals surface area contributed by atoms with Crippen molar-refractivity contribution in [2.75, 3.05) is 0 Å². The lowest BCUT2D eigenvalue weighted by Crippen LogP contribution is -2.04. The van der Waals surface area contributed by atoms with Crippen LogP contribution in [0.25, 0.3) is 199 Å². The lowest BCUT2D eigenvalue weighted by molar-refractivity contribution is 1.09. The van der Waals surface area contributed by atoms with Gasteiger partial charge in [0.2, 0.25) is 0 Å². The quantitative estimate of drug-likeness (QED) is 0.145. The van der Waals surface area contributed by atoms with Crippen molar-refractivity contribution in [1.29, 1.82) is 0 Å². The number of hydrogen-bond acceptors (Lipinski definition) is 2. The van der Waals surface area contributed by atoms with Crippen molar-refractivity contribution in [1.82, 2.24) is 37.4 Å². The summed E-state index contributed by atoms with van der Waals surface area (Å²) in [5, 5.41) is 14.3. The summed E-state index contributed by atoms with van der Waals surface area (Å²) >= 11 is 0. The zero-order valence-corrected chi connectivity index (χ0v) is 55.1. The molecule has 102 heavy (non-hydrogen) atoms. The minimum Gasteiger partial charge on any atom is -0.309 e. The number of fused-ring (bicyclic) bond motifs is 18. The summed E-state index contributed by atoms with van der Waals surface area (Å²) in [5.74, 6) is 0.629. The summed E-state index contributed by atoms with van der Waals surface area (Å²) in [6, 6.07) is 129. The highest BCUT2D eigenvalue weighted by Gasteiger charge is 2.27. The monoisotopic (exact) mass is 1300 g/mol. The Labute approximate surface area is 584 Å². The Balaban J connectivity index is 0.745. The van der Waals surface area contributed by atoms with E-state index in [4.69, 9.17) is 9.97 Å². The van der Waals surface area contributed by atoms with Gasteiger partial charge in [-0.05, 0) is 115 Å². The highest BCUT2D eigenvalue weighted by atomic mass is 15.1. The lowest BCUT2D eigenvalue weighted by Gasteiger charge is -2.18. The SMILES string of the molecule is c1ccc(-c2cc(-c3cccc(-n4c5ccccc5c5cc(-n6c7ccccc7c7ccccc76)c(-n6c7ccccc7c7ccccc76)cc54)c3)nc(-c3cccc(-n4c5ccccc5c5cc(-n6c7ccccc7c7ccccc76)c(-n6c7ccccc7c7ccccc76)cc54)c3)n2)cc1. The molecule has 0 unspecified atom stereocenters. The van der Waals surface area contributed by atoms with Gasteiger partial charge in [0.1, 0.15) is 0 Å². The van der Waals surface area contributed by atoms with E-state index in [0.29, 0.717) is 5.82 Å². The molecule has 0 radical (unpaired) electrons. The van der Waals surface area contributed by atoms with E-state index in [1.165, 1.54) is 48.5 Å². The Bertz CT molecular complexity index is 6650. The summed E-state index contributed by atoms with van der Waals surface area (Å²) in [7, 11) is 0. The minimum atomic E-state index is 0.629. The van der Waals surface area contributed by atoms with Crippen LogP contribution in [0, 0.1) is 0 Å². The van der Waals surface area contributed by atoms with E-state index in [1.54, 1.807) is 0 Å². The Morgan fingerprint density at radius 1 is 0.157 bits per heavy atom. The van der Waals surface area contributed by atoms with Crippen LogP contribution in [0.3, 0.4) is 0 Å². The van der Waals surface area contributed by atoms with Crippen molar-refractivity contribution >= 4 is 131 Å². The molecule has 22 rings (SSSR count). The second-order valence-electron chi connectivity index (χ2n) is 26.8. The first kappa shape index (κ1) is 56.2. The minimum absolute atomic E-state index is 0.629. The van der Waals surface area contributed by atoms with Crippen LogP contribution in [-0.2, 0) is 0 Å². The second kappa shape index (κ2) is 21.8. The summed E-state index contributed by atoms with van der Waals surface area (Å²) in [6.07, 6.45) is 0. The summed E-state index contributed by atoms with van der Waals surface area (Å²) in [6.45, 7) is 0. The Kier molecular flexibility index (Phi) is 12.0. The third-order valence-electron chi connectivity index (χ3n) is 21.4. The third-order valence-corrected chi connectivity index (χ3v) is 21.4. The van der Waals surface area contributed by atoms with Gasteiger partial charge in [-0.25, -0.2) is 9.97 Å². The standard InChI is InChI=1S/C94H58N8/c1-2-26-59(27-3-1)76-56-77(60-28-24-30-62(52-60)97-78-42-14-12-40-72(78)74-54-90(99-80-44-16-4-32-64(80)65-33-5-17-45-81(65)99)92(57-88(74)97)101-84-48-20-8-36-68(84)69-37-9-21-49-85(69)101)96-94(95-76)61-29-25-31-63(53-61)98-79-43-15-13-41-73(79)75-55-91(100-82-46-18-6-34-66(82)67-35-7-19-47-83(67)100)93(58-89(75)98)102-86-50-22-10-38-70(86)71-39-11-23-51-87(71)102/h1-58H. The van der Waals surface area contributed by atoms with Gasteiger partial charge in [-0.3, -0.25) is 0 Å². The maximum absolute atomic E-state index is 5.64. The lowest BCUT2D eigenvalue weighted by atomic mass is 10.1. The predicted octanol–water partition coefficient (Wildman–Crippen LogP) is 24.1. The molecule has 474 valence electrons. The van der Waals surface area contributed by atoms with E-state index in [1.807, 2.05) is 0 Å². The molecule has 8 heteroatoms. The Morgan fingerprint density at radius 2 is 0.402 bits per heavy atom. The molecule has 7 heterocycles. The number of benzene rings is 15. The van der Waals surface area contributed by atoms with Crippen molar-refractivity contribution in [3.8, 4) is 68.0 Å². The number of para-hydroxylation sites is 10. The molecular formula is C94H58N8. The van der Waals surface area contributed by atoms with Gasteiger partial charge < -0.3 is 27.4 Å². The average molecular weight is 1300 g/mol. The fraction of sp³-hybridized carbons (Fsp3) is 0. The zero-order chi connectivity index (χ0) is 66.7. The van der Waals surface area contributed by atoms with E-state index in [-0.39, 0.29) is 0 Å². The number of rotatable bonds is 9. The fourth-order valence-corrected chi connectivity index (χ4v) is 17.1. The number of nitrogens with zero attached hydrogens (tertiary/aromatic N) is 8. The van der Waals surface area contributed by atoms with Gasteiger partial charge in [-0.15, -0.1) is 0 Å². The highest BCUT2D eigenvalue weighted by Crippen LogP contribution is 2.46. The predicted molar refractivity (Wildman–Crippen MR) is 424 cm³/mol. The molecule has 0 bridgehead atoms. The van der Waals surface area contributed by atoms with Gasteiger partial charge in [0.05, 0.1) is 100 Å². The van der Waals surface area contributed by atoms with Crippen LogP contribution in [-0.4, -0.2) is 37.4 Å². The van der Waals surface area contributed by atoms with E-state index in [9.17, 15) is 0 Å². The van der Waals surface area contributed by atoms with E-state index in [0.717, 1.165) is 145 Å². The van der Waals surface area contributed by atoms with Crippen LogP contribution in [0.2, 0.25) is 0 Å². The van der Waals surface area contributed by atoms with Gasteiger partial charge in [-0.1, -0.05) is 237 Å². The Morgan fingerprint density at radius 3 is 0.735 bits per heavy atom. The Hall–Kier alpha value is -13.8. The smallest absolute Gasteiger partial charge is 0.160 e. The van der Waals surface area contributed by atoms with Gasteiger partial charge in [0, 0.05) is 92.7 Å².